The third kappa shape index (κ3) is 2.98. The number of carbonyl (C=O) groups excluding carboxylic acids is 1. The van der Waals surface area contributed by atoms with Crippen molar-refractivity contribution in [2.24, 2.45) is 0 Å². The van der Waals surface area contributed by atoms with Crippen LogP contribution in [0.5, 0.6) is 0 Å². The number of hydrogen-bond donors (Lipinski definition) is 0. The van der Waals surface area contributed by atoms with Crippen molar-refractivity contribution in [2.45, 2.75) is 13.8 Å². The van der Waals surface area contributed by atoms with Crippen LogP contribution in [0.4, 0.5) is 0 Å². The number of amides is 1. The second-order valence-electron chi connectivity index (χ2n) is 5.91. The van der Waals surface area contributed by atoms with Crippen molar-refractivity contribution in [2.75, 3.05) is 13.1 Å². The van der Waals surface area contributed by atoms with Gasteiger partial charge in [0.05, 0.1) is 17.0 Å². The second kappa shape index (κ2) is 7.24. The molecule has 1 heterocycles. The summed E-state index contributed by atoms with van der Waals surface area (Å²) >= 11 is 0. The highest BCUT2D eigenvalue weighted by atomic mass is 16.3. The molecule has 0 saturated heterocycles. The van der Waals surface area contributed by atoms with Crippen molar-refractivity contribution in [3.63, 3.8) is 0 Å². The van der Waals surface area contributed by atoms with Crippen molar-refractivity contribution in [3.8, 4) is 17.4 Å². The molecule has 0 aliphatic rings. The van der Waals surface area contributed by atoms with Crippen molar-refractivity contribution in [1.29, 1.82) is 5.26 Å². The van der Waals surface area contributed by atoms with E-state index in [1.165, 1.54) is 4.90 Å². The fourth-order valence-corrected chi connectivity index (χ4v) is 2.93. The van der Waals surface area contributed by atoms with Gasteiger partial charge in [-0.05, 0) is 26.0 Å². The summed E-state index contributed by atoms with van der Waals surface area (Å²) in [5.41, 5.74) is 1.65. The van der Waals surface area contributed by atoms with Gasteiger partial charge in [-0.2, -0.15) is 5.26 Å². The van der Waals surface area contributed by atoms with Gasteiger partial charge in [-0.25, -0.2) is 0 Å². The molecule has 3 rings (SSSR count). The van der Waals surface area contributed by atoms with E-state index in [0.717, 1.165) is 5.56 Å². The van der Waals surface area contributed by atoms with E-state index in [1.807, 2.05) is 36.4 Å². The molecule has 0 N–H and O–H groups in total. The molecule has 0 fully saturated rings. The van der Waals surface area contributed by atoms with Crippen LogP contribution in [0.15, 0.2) is 57.7 Å². The molecule has 1 aromatic heterocycles. The van der Waals surface area contributed by atoms with Gasteiger partial charge in [0.1, 0.15) is 12.3 Å². The highest BCUT2D eigenvalue weighted by molar-refractivity contribution is 6.05. The molecular formula is C21H18N2O3. The minimum atomic E-state index is -0.328. The lowest BCUT2D eigenvalue weighted by molar-refractivity contribution is 0.0785. The van der Waals surface area contributed by atoms with Crippen molar-refractivity contribution < 1.29 is 9.21 Å². The van der Waals surface area contributed by atoms with Crippen LogP contribution in [0.2, 0.25) is 0 Å². The Balaban J connectivity index is 2.27. The van der Waals surface area contributed by atoms with Gasteiger partial charge in [-0.15, -0.1) is 0 Å². The lowest BCUT2D eigenvalue weighted by atomic mass is 10.0. The maximum absolute atomic E-state index is 12.8. The third-order valence-corrected chi connectivity index (χ3v) is 4.34. The molecular weight excluding hydrogens is 328 g/mol. The van der Waals surface area contributed by atoms with Gasteiger partial charge in [0.25, 0.3) is 5.91 Å². The summed E-state index contributed by atoms with van der Waals surface area (Å²) in [7, 11) is 0. The lowest BCUT2D eigenvalue weighted by Gasteiger charge is -2.18. The Kier molecular flexibility index (Phi) is 4.85. The number of fused-ring (bicyclic) bond motifs is 1. The largest absolute Gasteiger partial charge is 0.455 e. The molecule has 2 aromatic carbocycles. The van der Waals surface area contributed by atoms with Crippen LogP contribution >= 0.6 is 0 Å². The summed E-state index contributed by atoms with van der Waals surface area (Å²) in [5.74, 6) is 0.123. The smallest absolute Gasteiger partial charge is 0.258 e. The predicted molar refractivity (Wildman–Crippen MR) is 99.8 cm³/mol. The molecule has 0 saturated carbocycles. The third-order valence-electron chi connectivity index (χ3n) is 4.34. The zero-order chi connectivity index (χ0) is 18.7. The Morgan fingerprint density at radius 2 is 1.88 bits per heavy atom. The molecule has 0 spiro atoms. The minimum absolute atomic E-state index is 0.0205. The molecule has 26 heavy (non-hydrogen) atoms. The number of hydrogen-bond acceptors (Lipinski definition) is 4. The standard InChI is InChI=1S/C21H18N2O3/c1-3-23(13-12-22)21(25)17-11-7-10-16-18(24)14(2)19(26-20(16)17)15-8-5-4-6-9-15/h4-11H,3,13H2,1-2H3. The number of nitrogens with zero attached hydrogens (tertiary/aromatic N) is 2. The quantitative estimate of drug-likeness (QED) is 0.674. The van der Waals surface area contributed by atoms with E-state index in [2.05, 4.69) is 0 Å². The molecule has 0 aliphatic heterocycles. The van der Waals surface area contributed by atoms with E-state index in [1.54, 1.807) is 32.0 Å². The Morgan fingerprint density at radius 1 is 1.15 bits per heavy atom. The number of carbonyl (C=O) groups is 1. The van der Waals surface area contributed by atoms with E-state index < -0.39 is 0 Å². The van der Waals surface area contributed by atoms with Gasteiger partial charge in [0.2, 0.25) is 0 Å². The zero-order valence-electron chi connectivity index (χ0n) is 14.7. The summed E-state index contributed by atoms with van der Waals surface area (Å²) < 4.78 is 6.05. The highest BCUT2D eigenvalue weighted by Gasteiger charge is 2.21. The molecule has 0 unspecified atom stereocenters. The molecule has 0 bridgehead atoms. The summed E-state index contributed by atoms with van der Waals surface area (Å²) in [6, 6.07) is 16.2. The Morgan fingerprint density at radius 3 is 2.54 bits per heavy atom. The summed E-state index contributed by atoms with van der Waals surface area (Å²) in [5, 5.41) is 9.29. The average Bonchev–Trinajstić information content (AvgIpc) is 2.68. The Bertz CT molecular complexity index is 1060. The summed E-state index contributed by atoms with van der Waals surface area (Å²) in [6.45, 7) is 3.89. The van der Waals surface area contributed by atoms with Gasteiger partial charge in [0.15, 0.2) is 11.0 Å². The first-order valence-electron chi connectivity index (χ1n) is 8.36. The number of benzene rings is 2. The topological polar surface area (TPSA) is 74.3 Å². The van der Waals surface area contributed by atoms with E-state index in [4.69, 9.17) is 9.68 Å². The van der Waals surface area contributed by atoms with Crippen LogP contribution in [0.1, 0.15) is 22.8 Å². The molecule has 5 nitrogen and oxygen atoms in total. The van der Waals surface area contributed by atoms with Gasteiger partial charge in [0, 0.05) is 17.7 Å². The molecule has 0 aliphatic carbocycles. The number of rotatable bonds is 4. The SMILES string of the molecule is CCN(CC#N)C(=O)c1cccc2c(=O)c(C)c(-c3ccccc3)oc12. The minimum Gasteiger partial charge on any atom is -0.455 e. The average molecular weight is 346 g/mol. The van der Waals surface area contributed by atoms with Crippen LogP contribution in [-0.4, -0.2) is 23.9 Å². The van der Waals surface area contributed by atoms with Crippen molar-refractivity contribution in [1.82, 2.24) is 4.90 Å². The molecule has 130 valence electrons. The van der Waals surface area contributed by atoms with Crippen LogP contribution in [0.25, 0.3) is 22.3 Å². The molecule has 0 radical (unpaired) electrons. The molecule has 3 aromatic rings. The summed E-state index contributed by atoms with van der Waals surface area (Å²) in [6.07, 6.45) is 0. The van der Waals surface area contributed by atoms with E-state index in [0.29, 0.717) is 23.3 Å². The highest BCUT2D eigenvalue weighted by Crippen LogP contribution is 2.27. The lowest BCUT2D eigenvalue weighted by Crippen LogP contribution is -2.31. The van der Waals surface area contributed by atoms with Gasteiger partial charge in [-0.1, -0.05) is 36.4 Å². The summed E-state index contributed by atoms with van der Waals surface area (Å²) in [4.78, 5) is 27.1. The monoisotopic (exact) mass is 346 g/mol. The van der Waals surface area contributed by atoms with E-state index in [-0.39, 0.29) is 29.0 Å². The fraction of sp³-hybridized carbons (Fsp3) is 0.190. The van der Waals surface area contributed by atoms with Crippen LogP contribution < -0.4 is 5.43 Å². The first-order chi connectivity index (χ1) is 12.6. The number of nitriles is 1. The first kappa shape index (κ1) is 17.4. The molecule has 0 atom stereocenters. The van der Waals surface area contributed by atoms with Crippen LogP contribution in [-0.2, 0) is 0 Å². The van der Waals surface area contributed by atoms with Crippen LogP contribution in [0, 0.1) is 18.3 Å². The predicted octanol–water partition coefficient (Wildman–Crippen LogP) is 3.75. The van der Waals surface area contributed by atoms with E-state index >= 15 is 0 Å². The Hall–Kier alpha value is -3.39. The van der Waals surface area contributed by atoms with Crippen molar-refractivity contribution >= 4 is 16.9 Å². The van der Waals surface area contributed by atoms with Crippen molar-refractivity contribution in [3.05, 3.63) is 69.9 Å². The molecule has 5 heteroatoms. The maximum atomic E-state index is 12.8. The number of para-hydroxylation sites is 1. The van der Waals surface area contributed by atoms with Gasteiger partial charge in [-0.3, -0.25) is 9.59 Å². The van der Waals surface area contributed by atoms with E-state index in [9.17, 15) is 9.59 Å². The Labute approximate surface area is 151 Å². The maximum Gasteiger partial charge on any atom is 0.258 e. The fourth-order valence-electron chi connectivity index (χ4n) is 2.93. The van der Waals surface area contributed by atoms with Gasteiger partial charge < -0.3 is 9.32 Å². The van der Waals surface area contributed by atoms with Crippen LogP contribution in [0.3, 0.4) is 0 Å². The first-order valence-corrected chi connectivity index (χ1v) is 8.36. The normalized spacial score (nSPS) is 10.5. The second-order valence-corrected chi connectivity index (χ2v) is 5.91. The van der Waals surface area contributed by atoms with Gasteiger partial charge >= 0.3 is 0 Å². The molecule has 1 amide bonds. The zero-order valence-corrected chi connectivity index (χ0v) is 14.7.